The first-order valence-electron chi connectivity index (χ1n) is 30.6. The molecule has 0 saturated carbocycles. The van der Waals surface area contributed by atoms with Crippen LogP contribution in [0.1, 0.15) is 335 Å². The molecule has 0 aliphatic carbocycles. The Labute approximate surface area is 424 Å². The number of unbranched alkanes of at least 4 members (excludes halogenated alkanes) is 44. The summed E-state index contributed by atoms with van der Waals surface area (Å²) in [5.41, 5.74) is 0. The third-order valence-electron chi connectivity index (χ3n) is 14.2. The third kappa shape index (κ3) is 53.7. The predicted molar refractivity (Wildman–Crippen MR) is 296 cm³/mol. The van der Waals surface area contributed by atoms with Crippen molar-refractivity contribution in [3.05, 3.63) is 24.3 Å². The molecule has 0 rings (SSSR count). The smallest absolute Gasteiger partial charge is 0.305 e. The maximum absolute atomic E-state index is 12.5. The van der Waals surface area contributed by atoms with Gasteiger partial charge < -0.3 is 20.3 Å². The van der Waals surface area contributed by atoms with Crippen molar-refractivity contribution >= 4 is 11.9 Å². The summed E-state index contributed by atoms with van der Waals surface area (Å²) >= 11 is 0. The highest BCUT2D eigenvalue weighted by Crippen LogP contribution is 2.18. The van der Waals surface area contributed by atoms with Crippen molar-refractivity contribution in [2.24, 2.45) is 0 Å². The van der Waals surface area contributed by atoms with E-state index in [9.17, 15) is 19.8 Å². The number of carbonyl (C=O) groups excluding carboxylic acids is 2. The van der Waals surface area contributed by atoms with Gasteiger partial charge in [0.1, 0.15) is 0 Å². The minimum absolute atomic E-state index is 0.00283. The van der Waals surface area contributed by atoms with Crippen LogP contribution in [0, 0.1) is 0 Å². The fourth-order valence-electron chi connectivity index (χ4n) is 9.51. The quantitative estimate of drug-likeness (QED) is 0.0321. The third-order valence-corrected chi connectivity index (χ3v) is 14.2. The van der Waals surface area contributed by atoms with Crippen molar-refractivity contribution in [1.29, 1.82) is 0 Å². The van der Waals surface area contributed by atoms with Gasteiger partial charge in [0, 0.05) is 12.8 Å². The fraction of sp³-hybridized carbons (Fsp3) is 0.903. The predicted octanol–water partition coefficient (Wildman–Crippen LogP) is 19.0. The number of aliphatic hydroxyl groups is 2. The molecule has 6 nitrogen and oxygen atoms in total. The molecule has 0 aromatic carbocycles. The molecule has 6 heteroatoms. The zero-order valence-corrected chi connectivity index (χ0v) is 45.9. The van der Waals surface area contributed by atoms with Crippen molar-refractivity contribution in [3.8, 4) is 0 Å². The van der Waals surface area contributed by atoms with Crippen LogP contribution >= 0.6 is 0 Å². The molecule has 2 unspecified atom stereocenters. The Morgan fingerprint density at radius 3 is 1.07 bits per heavy atom. The topological polar surface area (TPSA) is 95.9 Å². The molecular formula is C62H119NO5. The number of amides is 1. The molecule has 3 N–H and O–H groups in total. The van der Waals surface area contributed by atoms with Crippen molar-refractivity contribution in [2.45, 2.75) is 347 Å². The normalized spacial score (nSPS) is 12.7. The summed E-state index contributed by atoms with van der Waals surface area (Å²) < 4.78 is 5.47. The summed E-state index contributed by atoms with van der Waals surface area (Å²) in [7, 11) is 0. The number of allylic oxidation sites excluding steroid dienone is 3. The van der Waals surface area contributed by atoms with E-state index in [4.69, 9.17) is 4.74 Å². The van der Waals surface area contributed by atoms with Crippen LogP contribution in [0.25, 0.3) is 0 Å². The minimum atomic E-state index is -0.844. The van der Waals surface area contributed by atoms with E-state index < -0.39 is 12.1 Å². The van der Waals surface area contributed by atoms with E-state index in [0.29, 0.717) is 19.4 Å². The molecule has 0 heterocycles. The van der Waals surface area contributed by atoms with Crippen LogP contribution in [0.5, 0.6) is 0 Å². The standard InChI is InChI=1S/C62H119NO5/c1-3-5-7-9-11-13-15-17-18-25-28-31-34-38-42-46-50-54-60(65)59(58-64)63-61(66)55-51-47-43-39-35-32-29-26-23-21-19-20-22-24-27-30-33-37-41-45-49-53-57-68-62(67)56-52-48-44-40-36-16-14-12-10-8-6-4-2/h12,14,50,54,59-60,64-65H,3-11,13,15-49,51-53,55-58H2,1-2H3,(H,63,66)/b14-12-,54-50+. The van der Waals surface area contributed by atoms with Gasteiger partial charge in [-0.05, 0) is 57.8 Å². The number of hydrogen-bond donors (Lipinski definition) is 3. The molecule has 1 amide bonds. The number of rotatable bonds is 57. The molecule has 68 heavy (non-hydrogen) atoms. The van der Waals surface area contributed by atoms with Gasteiger partial charge in [0.25, 0.3) is 0 Å². The molecule has 0 aliphatic heterocycles. The number of nitrogens with one attached hydrogen (secondary N) is 1. The molecule has 0 radical (unpaired) electrons. The molecule has 0 saturated heterocycles. The molecule has 0 aromatic heterocycles. The van der Waals surface area contributed by atoms with Crippen LogP contribution in [-0.2, 0) is 14.3 Å². The van der Waals surface area contributed by atoms with E-state index in [2.05, 4.69) is 31.3 Å². The van der Waals surface area contributed by atoms with E-state index in [1.807, 2.05) is 6.08 Å². The molecule has 0 spiro atoms. The lowest BCUT2D eigenvalue weighted by atomic mass is 10.0. The largest absolute Gasteiger partial charge is 0.466 e. The number of aliphatic hydroxyl groups excluding tert-OH is 2. The van der Waals surface area contributed by atoms with Crippen LogP contribution in [0.15, 0.2) is 24.3 Å². The van der Waals surface area contributed by atoms with Crippen molar-refractivity contribution in [2.75, 3.05) is 13.2 Å². The van der Waals surface area contributed by atoms with Gasteiger partial charge in [0.15, 0.2) is 0 Å². The Hall–Kier alpha value is -1.66. The highest BCUT2D eigenvalue weighted by molar-refractivity contribution is 5.76. The Morgan fingerprint density at radius 1 is 0.397 bits per heavy atom. The second-order valence-corrected chi connectivity index (χ2v) is 21.0. The van der Waals surface area contributed by atoms with Crippen molar-refractivity contribution < 1.29 is 24.5 Å². The van der Waals surface area contributed by atoms with Crippen molar-refractivity contribution in [3.63, 3.8) is 0 Å². The summed E-state index contributed by atoms with van der Waals surface area (Å²) in [5, 5.41) is 23.2. The Morgan fingerprint density at radius 2 is 0.691 bits per heavy atom. The molecule has 0 bridgehead atoms. The monoisotopic (exact) mass is 958 g/mol. The van der Waals surface area contributed by atoms with Crippen molar-refractivity contribution in [1.82, 2.24) is 5.32 Å². The Balaban J connectivity index is 3.41. The molecule has 2 atom stereocenters. The van der Waals surface area contributed by atoms with Gasteiger partial charge in [-0.25, -0.2) is 0 Å². The van der Waals surface area contributed by atoms with Gasteiger partial charge in [-0.15, -0.1) is 0 Å². The lowest BCUT2D eigenvalue weighted by Crippen LogP contribution is -2.45. The number of ether oxygens (including phenoxy) is 1. The average Bonchev–Trinajstić information content (AvgIpc) is 3.34. The summed E-state index contributed by atoms with van der Waals surface area (Å²) in [5.74, 6) is -0.0632. The van der Waals surface area contributed by atoms with E-state index in [-0.39, 0.29) is 18.5 Å². The van der Waals surface area contributed by atoms with E-state index in [1.54, 1.807) is 6.08 Å². The van der Waals surface area contributed by atoms with Gasteiger partial charge in [-0.3, -0.25) is 9.59 Å². The number of hydrogen-bond acceptors (Lipinski definition) is 5. The lowest BCUT2D eigenvalue weighted by molar-refractivity contribution is -0.143. The maximum Gasteiger partial charge on any atom is 0.305 e. The SMILES string of the molecule is CCCCC/C=C\CCCCCCCC(=O)OCCCCCCCCCCCCCCCCCCCCCCCCC(=O)NC(CO)C(O)/C=C/CCCCCCCCCCCCCCCCC. The van der Waals surface area contributed by atoms with Crippen LogP contribution in [0.3, 0.4) is 0 Å². The van der Waals surface area contributed by atoms with E-state index in [1.165, 1.54) is 263 Å². The molecule has 402 valence electrons. The second-order valence-electron chi connectivity index (χ2n) is 21.0. The molecule has 0 aromatic rings. The Kier molecular flexibility index (Phi) is 56.5. The summed E-state index contributed by atoms with van der Waals surface area (Å²) in [4.78, 5) is 24.5. The zero-order valence-electron chi connectivity index (χ0n) is 45.9. The molecule has 0 aliphatic rings. The van der Waals surface area contributed by atoms with Gasteiger partial charge in [0.2, 0.25) is 5.91 Å². The lowest BCUT2D eigenvalue weighted by Gasteiger charge is -2.20. The Bertz CT molecular complexity index is 1060. The molecular weight excluding hydrogens is 839 g/mol. The highest BCUT2D eigenvalue weighted by Gasteiger charge is 2.18. The summed E-state index contributed by atoms with van der Waals surface area (Å²) in [6.07, 6.45) is 70.7. The van der Waals surface area contributed by atoms with Crippen LogP contribution < -0.4 is 5.32 Å². The van der Waals surface area contributed by atoms with Gasteiger partial charge in [0.05, 0.1) is 25.4 Å². The highest BCUT2D eigenvalue weighted by atomic mass is 16.5. The first-order valence-corrected chi connectivity index (χ1v) is 30.6. The second kappa shape index (κ2) is 57.9. The van der Waals surface area contributed by atoms with Crippen LogP contribution in [0.2, 0.25) is 0 Å². The van der Waals surface area contributed by atoms with Crippen LogP contribution in [-0.4, -0.2) is 47.4 Å². The van der Waals surface area contributed by atoms with Crippen LogP contribution in [0.4, 0.5) is 0 Å². The average molecular weight is 959 g/mol. The van der Waals surface area contributed by atoms with Gasteiger partial charge in [-0.2, -0.15) is 0 Å². The maximum atomic E-state index is 12.5. The summed E-state index contributed by atoms with van der Waals surface area (Å²) in [6, 6.07) is -0.628. The zero-order chi connectivity index (χ0) is 49.3. The van der Waals surface area contributed by atoms with E-state index >= 15 is 0 Å². The fourth-order valence-corrected chi connectivity index (χ4v) is 9.51. The summed E-state index contributed by atoms with van der Waals surface area (Å²) in [6.45, 7) is 4.90. The number of carbonyl (C=O) groups is 2. The van der Waals surface area contributed by atoms with Gasteiger partial charge in [-0.1, -0.05) is 289 Å². The minimum Gasteiger partial charge on any atom is -0.466 e. The number of esters is 1. The first-order chi connectivity index (χ1) is 33.5. The van der Waals surface area contributed by atoms with Gasteiger partial charge >= 0.3 is 5.97 Å². The first kappa shape index (κ1) is 66.3. The van der Waals surface area contributed by atoms with E-state index in [0.717, 1.165) is 44.9 Å². The molecule has 0 fully saturated rings.